The second-order valence-corrected chi connectivity index (χ2v) is 4.81. The van der Waals surface area contributed by atoms with Crippen molar-refractivity contribution in [1.29, 1.82) is 0 Å². The highest BCUT2D eigenvalue weighted by Crippen LogP contribution is 2.45. The van der Waals surface area contributed by atoms with Crippen LogP contribution in [0.3, 0.4) is 0 Å². The Hall–Kier alpha value is -1.03. The molecule has 1 saturated carbocycles. The molecule has 2 heterocycles. The molecular formula is C11H17N3O. The molecular weight excluding hydrogens is 190 g/mol. The monoisotopic (exact) mass is 207 g/mol. The van der Waals surface area contributed by atoms with Crippen LogP contribution in [0.2, 0.25) is 0 Å². The first-order valence-electron chi connectivity index (χ1n) is 5.72. The van der Waals surface area contributed by atoms with E-state index < -0.39 is 0 Å². The molecule has 1 aromatic heterocycles. The Balaban J connectivity index is 1.61. The summed E-state index contributed by atoms with van der Waals surface area (Å²) in [5.41, 5.74) is 6.60. The summed E-state index contributed by atoms with van der Waals surface area (Å²) in [4.78, 5) is 0. The summed E-state index contributed by atoms with van der Waals surface area (Å²) in [6.07, 6.45) is 10.1. The topological polar surface area (TPSA) is 53.1 Å². The van der Waals surface area contributed by atoms with E-state index in [2.05, 4.69) is 5.10 Å². The number of nitrogens with two attached hydrogens (primary N) is 1. The van der Waals surface area contributed by atoms with Gasteiger partial charge in [0, 0.05) is 6.20 Å². The SMILES string of the molecule is Nc1cnn(CC2CCC3(CCC3)O2)c1. The molecule has 4 heteroatoms. The molecule has 1 saturated heterocycles. The zero-order valence-corrected chi connectivity index (χ0v) is 8.85. The Morgan fingerprint density at radius 3 is 2.93 bits per heavy atom. The van der Waals surface area contributed by atoms with Crippen LogP contribution in [0.4, 0.5) is 5.69 Å². The molecule has 1 atom stereocenters. The van der Waals surface area contributed by atoms with Crippen LogP contribution in [-0.2, 0) is 11.3 Å². The second kappa shape index (κ2) is 3.23. The maximum absolute atomic E-state index is 6.10. The molecule has 82 valence electrons. The van der Waals surface area contributed by atoms with Gasteiger partial charge in [0.05, 0.1) is 30.1 Å². The number of nitrogens with zero attached hydrogens (tertiary/aromatic N) is 2. The Labute approximate surface area is 89.4 Å². The van der Waals surface area contributed by atoms with Gasteiger partial charge in [-0.2, -0.15) is 5.10 Å². The summed E-state index contributed by atoms with van der Waals surface area (Å²) in [6.45, 7) is 0.846. The minimum Gasteiger partial charge on any atom is -0.396 e. The van der Waals surface area contributed by atoms with Crippen LogP contribution < -0.4 is 5.73 Å². The number of ether oxygens (including phenoxy) is 1. The highest BCUT2D eigenvalue weighted by atomic mass is 16.5. The third kappa shape index (κ3) is 1.63. The molecule has 0 bridgehead atoms. The first kappa shape index (κ1) is 9.21. The fourth-order valence-electron chi connectivity index (χ4n) is 2.65. The van der Waals surface area contributed by atoms with Crippen LogP contribution in [0.25, 0.3) is 0 Å². The second-order valence-electron chi connectivity index (χ2n) is 4.81. The molecule has 2 N–H and O–H groups in total. The standard InChI is InChI=1S/C11H17N3O/c12-9-6-13-14(7-9)8-10-2-5-11(15-10)3-1-4-11/h6-7,10H,1-5,8,12H2. The van der Waals surface area contributed by atoms with Gasteiger partial charge in [0.2, 0.25) is 0 Å². The highest BCUT2D eigenvalue weighted by molar-refractivity contribution is 5.30. The number of aromatic nitrogens is 2. The van der Waals surface area contributed by atoms with Crippen LogP contribution in [0.1, 0.15) is 32.1 Å². The van der Waals surface area contributed by atoms with E-state index in [0.29, 0.717) is 6.10 Å². The van der Waals surface area contributed by atoms with Crippen molar-refractivity contribution in [1.82, 2.24) is 9.78 Å². The van der Waals surface area contributed by atoms with E-state index in [-0.39, 0.29) is 5.60 Å². The van der Waals surface area contributed by atoms with Crippen molar-refractivity contribution in [3.8, 4) is 0 Å². The molecule has 15 heavy (non-hydrogen) atoms. The zero-order chi connectivity index (χ0) is 10.3. The summed E-state index contributed by atoms with van der Waals surface area (Å²) in [5, 5.41) is 4.18. The number of rotatable bonds is 2. The Morgan fingerprint density at radius 2 is 2.40 bits per heavy atom. The van der Waals surface area contributed by atoms with Gasteiger partial charge in [-0.1, -0.05) is 0 Å². The highest BCUT2D eigenvalue weighted by Gasteiger charge is 2.44. The third-order valence-electron chi connectivity index (χ3n) is 3.65. The van der Waals surface area contributed by atoms with Gasteiger partial charge in [-0.3, -0.25) is 4.68 Å². The average molecular weight is 207 g/mol. The van der Waals surface area contributed by atoms with Gasteiger partial charge in [-0.25, -0.2) is 0 Å². The molecule has 1 unspecified atom stereocenters. The van der Waals surface area contributed by atoms with Crippen LogP contribution in [0, 0.1) is 0 Å². The van der Waals surface area contributed by atoms with Gasteiger partial charge in [-0.15, -0.1) is 0 Å². The first-order valence-corrected chi connectivity index (χ1v) is 5.72. The van der Waals surface area contributed by atoms with Crippen molar-refractivity contribution >= 4 is 5.69 Å². The third-order valence-corrected chi connectivity index (χ3v) is 3.65. The van der Waals surface area contributed by atoms with Crippen molar-refractivity contribution in [2.75, 3.05) is 5.73 Å². The Morgan fingerprint density at radius 1 is 1.53 bits per heavy atom. The van der Waals surface area contributed by atoms with Crippen molar-refractivity contribution in [3.63, 3.8) is 0 Å². The van der Waals surface area contributed by atoms with Crippen LogP contribution >= 0.6 is 0 Å². The number of nitrogen functional groups attached to an aromatic ring is 1. The lowest BCUT2D eigenvalue weighted by Gasteiger charge is -2.37. The predicted molar refractivity (Wildman–Crippen MR) is 57.3 cm³/mol. The van der Waals surface area contributed by atoms with E-state index in [1.807, 2.05) is 10.9 Å². The van der Waals surface area contributed by atoms with Gasteiger partial charge in [0.1, 0.15) is 0 Å². The van der Waals surface area contributed by atoms with Crippen molar-refractivity contribution in [2.24, 2.45) is 0 Å². The zero-order valence-electron chi connectivity index (χ0n) is 8.85. The molecule has 3 rings (SSSR count). The quantitative estimate of drug-likeness (QED) is 0.800. The number of anilines is 1. The van der Waals surface area contributed by atoms with Crippen LogP contribution in [0.5, 0.6) is 0 Å². The normalized spacial score (nSPS) is 28.1. The maximum atomic E-state index is 6.10. The number of hydrogen-bond donors (Lipinski definition) is 1. The smallest absolute Gasteiger partial charge is 0.0779 e. The summed E-state index contributed by atoms with van der Waals surface area (Å²) in [5.74, 6) is 0. The lowest BCUT2D eigenvalue weighted by atomic mass is 9.78. The van der Waals surface area contributed by atoms with Gasteiger partial charge < -0.3 is 10.5 Å². The first-order chi connectivity index (χ1) is 7.26. The molecule has 1 aliphatic heterocycles. The summed E-state index contributed by atoms with van der Waals surface area (Å²) >= 11 is 0. The average Bonchev–Trinajstić information content (AvgIpc) is 2.72. The van der Waals surface area contributed by atoms with Crippen molar-refractivity contribution in [2.45, 2.75) is 50.4 Å². The number of hydrogen-bond acceptors (Lipinski definition) is 3. The Bertz CT molecular complexity index is 356. The van der Waals surface area contributed by atoms with Gasteiger partial charge in [-0.05, 0) is 32.1 Å². The largest absolute Gasteiger partial charge is 0.396 e. The lowest BCUT2D eigenvalue weighted by molar-refractivity contribution is -0.0952. The van der Waals surface area contributed by atoms with E-state index in [9.17, 15) is 0 Å². The fraction of sp³-hybridized carbons (Fsp3) is 0.727. The minimum absolute atomic E-state index is 0.253. The summed E-state index contributed by atoms with van der Waals surface area (Å²) < 4.78 is 7.98. The minimum atomic E-state index is 0.253. The van der Waals surface area contributed by atoms with E-state index in [1.165, 1.54) is 32.1 Å². The molecule has 4 nitrogen and oxygen atoms in total. The van der Waals surface area contributed by atoms with Crippen molar-refractivity contribution in [3.05, 3.63) is 12.4 Å². The molecule has 0 aromatic carbocycles. The van der Waals surface area contributed by atoms with E-state index in [1.54, 1.807) is 6.20 Å². The summed E-state index contributed by atoms with van der Waals surface area (Å²) in [6, 6.07) is 0. The van der Waals surface area contributed by atoms with E-state index >= 15 is 0 Å². The lowest BCUT2D eigenvalue weighted by Crippen LogP contribution is -2.37. The Kier molecular flexibility index (Phi) is 1.99. The molecule has 0 radical (unpaired) electrons. The van der Waals surface area contributed by atoms with Crippen LogP contribution in [-0.4, -0.2) is 21.5 Å². The summed E-state index contributed by atoms with van der Waals surface area (Å²) in [7, 11) is 0. The predicted octanol–water partition coefficient (Wildman–Crippen LogP) is 1.57. The maximum Gasteiger partial charge on any atom is 0.0779 e. The molecule has 2 aliphatic rings. The van der Waals surface area contributed by atoms with Gasteiger partial charge >= 0.3 is 0 Å². The van der Waals surface area contributed by atoms with E-state index in [0.717, 1.165) is 12.2 Å². The molecule has 1 aliphatic carbocycles. The molecule has 1 aromatic rings. The molecule has 0 amide bonds. The van der Waals surface area contributed by atoms with Crippen molar-refractivity contribution < 1.29 is 4.74 Å². The molecule has 2 fully saturated rings. The van der Waals surface area contributed by atoms with Gasteiger partial charge in [0.25, 0.3) is 0 Å². The molecule has 1 spiro atoms. The van der Waals surface area contributed by atoms with Crippen LogP contribution in [0.15, 0.2) is 12.4 Å². The fourth-order valence-corrected chi connectivity index (χ4v) is 2.65. The van der Waals surface area contributed by atoms with Gasteiger partial charge in [0.15, 0.2) is 0 Å². The van der Waals surface area contributed by atoms with E-state index in [4.69, 9.17) is 10.5 Å².